The molecular formula is C12H19NNaO4S. The average molecular weight is 296 g/mol. The van der Waals surface area contributed by atoms with Gasteiger partial charge >= 0.3 is 0 Å². The molecule has 5 nitrogen and oxygen atoms in total. The smallest absolute Gasteiger partial charge is 0.264 e. The van der Waals surface area contributed by atoms with E-state index in [1.54, 1.807) is 18.2 Å². The number of nitrogens with zero attached hydrogens (tertiary/aromatic N) is 1. The number of phenolic OH excluding ortho intramolecular Hbond substituents is 1. The monoisotopic (exact) mass is 296 g/mol. The Labute approximate surface area is 136 Å². The van der Waals surface area contributed by atoms with Crippen molar-refractivity contribution in [1.29, 1.82) is 0 Å². The number of hydrogen-bond acceptors (Lipinski definition) is 4. The zero-order valence-corrected chi connectivity index (χ0v) is 14.2. The van der Waals surface area contributed by atoms with E-state index in [0.717, 1.165) is 13.0 Å². The fraction of sp³-hybridized carbons (Fsp3) is 0.500. The van der Waals surface area contributed by atoms with Crippen LogP contribution in [0.5, 0.6) is 5.75 Å². The molecule has 0 aliphatic rings. The molecule has 0 aliphatic carbocycles. The van der Waals surface area contributed by atoms with Gasteiger partial charge in [0, 0.05) is 42.6 Å². The molecule has 0 aliphatic heterocycles. The summed E-state index contributed by atoms with van der Waals surface area (Å²) in [6.45, 7) is 3.21. The summed E-state index contributed by atoms with van der Waals surface area (Å²) in [5, 5.41) is 9.76. The van der Waals surface area contributed by atoms with Crippen LogP contribution in [0.4, 0.5) is 5.69 Å². The fourth-order valence-corrected chi connectivity index (χ4v) is 2.29. The molecule has 0 atom stereocenters. The van der Waals surface area contributed by atoms with Crippen molar-refractivity contribution in [1.82, 2.24) is 0 Å². The van der Waals surface area contributed by atoms with Crippen LogP contribution in [0, 0.1) is 0 Å². The van der Waals surface area contributed by atoms with Gasteiger partial charge in [0.2, 0.25) is 0 Å². The molecule has 0 aromatic heterocycles. The molecule has 0 bridgehead atoms. The first-order valence-electron chi connectivity index (χ1n) is 5.92. The summed E-state index contributed by atoms with van der Waals surface area (Å²) in [7, 11) is -3.92. The van der Waals surface area contributed by atoms with Crippen LogP contribution in [-0.4, -0.2) is 66.5 Å². The van der Waals surface area contributed by atoms with Crippen LogP contribution >= 0.6 is 0 Å². The van der Waals surface area contributed by atoms with Gasteiger partial charge in [0.1, 0.15) is 5.75 Å². The van der Waals surface area contributed by atoms with Crippen LogP contribution in [0.25, 0.3) is 0 Å². The van der Waals surface area contributed by atoms with E-state index >= 15 is 0 Å². The second-order valence-corrected chi connectivity index (χ2v) is 5.69. The standard InChI is InChI=1S/C12H19NO4S.Na/c1-2-8-13(9-5-10-18(15,16)17)11-6-3-4-7-12(11)14;/h3-4,6-7,14H,2,5,8-10H2,1H3,(H,15,16,17);. The maximum atomic E-state index is 10.7. The summed E-state index contributed by atoms with van der Waals surface area (Å²) < 4.78 is 30.0. The van der Waals surface area contributed by atoms with Crippen LogP contribution in [-0.2, 0) is 10.1 Å². The Kier molecular flexibility index (Phi) is 8.69. The quantitative estimate of drug-likeness (QED) is 0.589. The fourth-order valence-electron chi connectivity index (χ4n) is 1.79. The Balaban J connectivity index is 0.00000324. The molecule has 1 aromatic carbocycles. The van der Waals surface area contributed by atoms with Crippen molar-refractivity contribution in [3.8, 4) is 5.75 Å². The molecule has 0 heterocycles. The first-order chi connectivity index (χ1) is 8.44. The van der Waals surface area contributed by atoms with E-state index in [2.05, 4.69) is 0 Å². The molecule has 103 valence electrons. The first kappa shape index (κ1) is 18.7. The molecule has 0 amide bonds. The minimum Gasteiger partial charge on any atom is -0.506 e. The maximum absolute atomic E-state index is 10.7. The van der Waals surface area contributed by atoms with Gasteiger partial charge in [-0.25, -0.2) is 0 Å². The number of anilines is 1. The van der Waals surface area contributed by atoms with E-state index < -0.39 is 10.1 Å². The summed E-state index contributed by atoms with van der Waals surface area (Å²) in [5.41, 5.74) is 0.690. The molecule has 0 saturated heterocycles. The third kappa shape index (κ3) is 7.17. The molecule has 1 radical (unpaired) electrons. The van der Waals surface area contributed by atoms with Crippen molar-refractivity contribution < 1.29 is 18.1 Å². The van der Waals surface area contributed by atoms with E-state index in [1.165, 1.54) is 0 Å². The van der Waals surface area contributed by atoms with Gasteiger partial charge in [-0.05, 0) is 25.0 Å². The van der Waals surface area contributed by atoms with Crippen molar-refractivity contribution in [2.75, 3.05) is 23.7 Å². The van der Waals surface area contributed by atoms with Gasteiger partial charge in [-0.15, -0.1) is 0 Å². The number of aromatic hydroxyl groups is 1. The zero-order chi connectivity index (χ0) is 13.6. The van der Waals surface area contributed by atoms with E-state index in [4.69, 9.17) is 4.55 Å². The van der Waals surface area contributed by atoms with Gasteiger partial charge in [0.15, 0.2) is 0 Å². The van der Waals surface area contributed by atoms with Gasteiger partial charge in [-0.1, -0.05) is 19.1 Å². The number of rotatable bonds is 7. The molecule has 7 heteroatoms. The Morgan fingerprint density at radius 3 is 2.37 bits per heavy atom. The summed E-state index contributed by atoms with van der Waals surface area (Å²) in [5.74, 6) is -0.0846. The summed E-state index contributed by atoms with van der Waals surface area (Å²) in [6.07, 6.45) is 1.22. The predicted molar refractivity (Wildman–Crippen MR) is 77.4 cm³/mol. The van der Waals surface area contributed by atoms with Crippen LogP contribution in [0.3, 0.4) is 0 Å². The van der Waals surface area contributed by atoms with Crippen LogP contribution in [0.15, 0.2) is 24.3 Å². The largest absolute Gasteiger partial charge is 0.506 e. The zero-order valence-electron chi connectivity index (χ0n) is 11.4. The molecular weight excluding hydrogens is 277 g/mol. The Morgan fingerprint density at radius 1 is 1.21 bits per heavy atom. The normalized spacial score (nSPS) is 10.8. The van der Waals surface area contributed by atoms with Crippen LogP contribution in [0.2, 0.25) is 0 Å². The third-order valence-corrected chi connectivity index (χ3v) is 3.35. The molecule has 0 unspecified atom stereocenters. The van der Waals surface area contributed by atoms with Gasteiger partial charge in [0.05, 0.1) is 11.4 Å². The average Bonchev–Trinajstić information content (AvgIpc) is 2.27. The molecule has 0 fully saturated rings. The number of hydrogen-bond donors (Lipinski definition) is 2. The van der Waals surface area contributed by atoms with Crippen molar-refractivity contribution in [3.63, 3.8) is 0 Å². The number of benzene rings is 1. The Hall–Kier alpha value is -0.270. The summed E-state index contributed by atoms with van der Waals surface area (Å²) in [6, 6.07) is 6.95. The molecule has 2 N–H and O–H groups in total. The van der Waals surface area contributed by atoms with Crippen molar-refractivity contribution in [2.24, 2.45) is 0 Å². The summed E-state index contributed by atoms with van der Waals surface area (Å²) >= 11 is 0. The van der Waals surface area contributed by atoms with E-state index in [9.17, 15) is 13.5 Å². The maximum Gasteiger partial charge on any atom is 0.264 e. The van der Waals surface area contributed by atoms with Gasteiger partial charge in [-0.3, -0.25) is 4.55 Å². The second-order valence-electron chi connectivity index (χ2n) is 4.12. The van der Waals surface area contributed by atoms with Gasteiger partial charge in [-0.2, -0.15) is 8.42 Å². The Bertz CT molecular complexity index is 478. The predicted octanol–water partition coefficient (Wildman–Crippen LogP) is 1.51. The van der Waals surface area contributed by atoms with Crippen molar-refractivity contribution in [3.05, 3.63) is 24.3 Å². The Morgan fingerprint density at radius 2 is 1.84 bits per heavy atom. The topological polar surface area (TPSA) is 77.8 Å². The summed E-state index contributed by atoms with van der Waals surface area (Å²) in [4.78, 5) is 1.92. The first-order valence-corrected chi connectivity index (χ1v) is 7.53. The second kappa shape index (κ2) is 8.81. The van der Waals surface area contributed by atoms with E-state index in [1.807, 2.05) is 17.9 Å². The number of para-hydroxylation sites is 2. The number of phenols is 1. The van der Waals surface area contributed by atoms with Crippen LogP contribution in [0.1, 0.15) is 19.8 Å². The minimum atomic E-state index is -3.92. The molecule has 1 rings (SSSR count). The van der Waals surface area contributed by atoms with Gasteiger partial charge in [0.25, 0.3) is 10.1 Å². The molecule has 0 spiro atoms. The van der Waals surface area contributed by atoms with Crippen molar-refractivity contribution in [2.45, 2.75) is 19.8 Å². The van der Waals surface area contributed by atoms with E-state index in [0.29, 0.717) is 18.7 Å². The van der Waals surface area contributed by atoms with Gasteiger partial charge < -0.3 is 10.0 Å². The molecule has 1 aromatic rings. The van der Waals surface area contributed by atoms with E-state index in [-0.39, 0.29) is 41.1 Å². The SMILES string of the molecule is CCCN(CCCS(=O)(=O)O)c1ccccc1O.[Na]. The molecule has 19 heavy (non-hydrogen) atoms. The minimum absolute atomic E-state index is 0. The van der Waals surface area contributed by atoms with Crippen molar-refractivity contribution >= 4 is 45.4 Å². The van der Waals surface area contributed by atoms with Crippen LogP contribution < -0.4 is 4.90 Å². The third-order valence-electron chi connectivity index (χ3n) is 2.55. The molecule has 0 saturated carbocycles.